The highest BCUT2D eigenvalue weighted by molar-refractivity contribution is 6.37. The maximum Gasteiger partial charge on any atom is 0.408 e. The fraction of sp³-hybridized carbons (Fsp3) is 0.222. The zero-order valence-corrected chi connectivity index (χ0v) is 14.9. The van der Waals surface area contributed by atoms with Crippen LogP contribution in [0.2, 0.25) is 0 Å². The van der Waals surface area contributed by atoms with Gasteiger partial charge in [0, 0.05) is 30.1 Å². The smallest absolute Gasteiger partial charge is 0.323 e. The molecule has 0 bridgehead atoms. The SMILES string of the molecule is C[C@@H](N1C(Cl)=C(c2c(F)cc(F)cc2F)C=NC1c1ccccn1)C(F)(F)F. The number of rotatable bonds is 3. The van der Waals surface area contributed by atoms with Crippen LogP contribution in [0.15, 0.2) is 46.7 Å². The first-order valence-electron chi connectivity index (χ1n) is 7.95. The van der Waals surface area contributed by atoms with Gasteiger partial charge in [0.15, 0.2) is 6.17 Å². The van der Waals surface area contributed by atoms with Gasteiger partial charge in [-0.3, -0.25) is 9.98 Å². The van der Waals surface area contributed by atoms with Gasteiger partial charge < -0.3 is 4.90 Å². The minimum Gasteiger partial charge on any atom is -0.323 e. The van der Waals surface area contributed by atoms with Crippen LogP contribution < -0.4 is 0 Å². The molecule has 2 aromatic rings. The standard InChI is InChI=1S/C18H12ClF6N3/c1-9(18(23,24)25)28-16(19)11(15-12(21)6-10(20)7-13(15)22)8-27-17(28)14-4-2-3-5-26-14/h2-9,17H,1H3/t9-,17?/m1/s1. The van der Waals surface area contributed by atoms with Crippen molar-refractivity contribution < 1.29 is 26.3 Å². The van der Waals surface area contributed by atoms with Gasteiger partial charge in [0.2, 0.25) is 0 Å². The van der Waals surface area contributed by atoms with Crippen LogP contribution in [0, 0.1) is 17.5 Å². The third-order valence-corrected chi connectivity index (χ3v) is 4.58. The predicted octanol–water partition coefficient (Wildman–Crippen LogP) is 5.44. The molecule has 28 heavy (non-hydrogen) atoms. The molecule has 0 saturated heterocycles. The fourth-order valence-corrected chi connectivity index (χ4v) is 3.15. The lowest BCUT2D eigenvalue weighted by Crippen LogP contribution is -2.45. The van der Waals surface area contributed by atoms with E-state index in [0.29, 0.717) is 17.0 Å². The molecule has 1 aliphatic rings. The molecule has 2 atom stereocenters. The molecule has 0 spiro atoms. The molecule has 1 aliphatic heterocycles. The molecule has 3 rings (SSSR count). The Morgan fingerprint density at radius 1 is 1.11 bits per heavy atom. The summed E-state index contributed by atoms with van der Waals surface area (Å²) in [4.78, 5) is 8.66. The van der Waals surface area contributed by atoms with E-state index in [2.05, 4.69) is 9.98 Å². The number of aromatic nitrogens is 1. The Kier molecular flexibility index (Phi) is 5.38. The molecule has 0 aliphatic carbocycles. The minimum absolute atomic E-state index is 0.159. The monoisotopic (exact) mass is 419 g/mol. The number of benzene rings is 1. The molecule has 3 nitrogen and oxygen atoms in total. The Labute approximate surface area is 161 Å². The number of alkyl halides is 3. The molecule has 1 aromatic heterocycles. The van der Waals surface area contributed by atoms with Crippen molar-refractivity contribution in [2.24, 2.45) is 4.99 Å². The largest absolute Gasteiger partial charge is 0.408 e. The van der Waals surface area contributed by atoms with E-state index in [-0.39, 0.29) is 5.69 Å². The number of pyridine rings is 1. The van der Waals surface area contributed by atoms with Gasteiger partial charge >= 0.3 is 6.18 Å². The first-order chi connectivity index (χ1) is 13.1. The van der Waals surface area contributed by atoms with Gasteiger partial charge in [0.05, 0.1) is 11.3 Å². The summed E-state index contributed by atoms with van der Waals surface area (Å²) in [5.41, 5.74) is -1.04. The lowest BCUT2D eigenvalue weighted by atomic mass is 10.0. The summed E-state index contributed by atoms with van der Waals surface area (Å²) >= 11 is 6.17. The second-order valence-corrected chi connectivity index (χ2v) is 6.34. The van der Waals surface area contributed by atoms with E-state index in [1.165, 1.54) is 12.3 Å². The molecule has 0 fully saturated rings. The summed E-state index contributed by atoms with van der Waals surface area (Å²) in [6.07, 6.45) is -3.65. The number of allylic oxidation sites excluding steroid dienone is 1. The van der Waals surface area contributed by atoms with Crippen molar-refractivity contribution >= 4 is 23.4 Å². The summed E-state index contributed by atoms with van der Waals surface area (Å²) in [6, 6.07) is 3.25. The van der Waals surface area contributed by atoms with Crippen LogP contribution in [-0.4, -0.2) is 28.3 Å². The molecule has 1 aromatic carbocycles. The maximum atomic E-state index is 14.2. The highest BCUT2D eigenvalue weighted by Gasteiger charge is 2.45. The van der Waals surface area contributed by atoms with Crippen LogP contribution in [0.1, 0.15) is 24.3 Å². The van der Waals surface area contributed by atoms with Gasteiger partial charge in [0.25, 0.3) is 0 Å². The summed E-state index contributed by atoms with van der Waals surface area (Å²) in [5.74, 6) is -3.80. The van der Waals surface area contributed by atoms with E-state index >= 15 is 0 Å². The van der Waals surface area contributed by atoms with Crippen LogP contribution in [0.25, 0.3) is 5.57 Å². The molecule has 10 heteroatoms. The quantitative estimate of drug-likeness (QED) is 0.489. The van der Waals surface area contributed by atoms with E-state index < -0.39 is 52.1 Å². The normalized spacial score (nSPS) is 18.6. The Hall–Kier alpha value is -2.55. The van der Waals surface area contributed by atoms with Gasteiger partial charge in [-0.15, -0.1) is 0 Å². The van der Waals surface area contributed by atoms with Crippen LogP contribution >= 0.6 is 11.6 Å². The molecule has 148 valence electrons. The Morgan fingerprint density at radius 2 is 1.75 bits per heavy atom. The number of hydrogen-bond acceptors (Lipinski definition) is 3. The summed E-state index contributed by atoms with van der Waals surface area (Å²) in [5, 5.41) is -0.583. The van der Waals surface area contributed by atoms with E-state index in [0.717, 1.165) is 13.1 Å². The summed E-state index contributed by atoms with van der Waals surface area (Å²) in [7, 11) is 0. The number of hydrogen-bond donors (Lipinski definition) is 0. The lowest BCUT2D eigenvalue weighted by molar-refractivity contribution is -0.178. The van der Waals surface area contributed by atoms with Gasteiger partial charge in [0.1, 0.15) is 28.6 Å². The van der Waals surface area contributed by atoms with Crippen molar-refractivity contribution in [2.75, 3.05) is 0 Å². The van der Waals surface area contributed by atoms with E-state index in [4.69, 9.17) is 11.6 Å². The highest BCUT2D eigenvalue weighted by atomic mass is 35.5. The van der Waals surface area contributed by atoms with Crippen molar-refractivity contribution in [1.29, 1.82) is 0 Å². The lowest BCUT2D eigenvalue weighted by Gasteiger charge is -2.39. The Morgan fingerprint density at radius 3 is 2.29 bits per heavy atom. The molecule has 0 saturated carbocycles. The first kappa shape index (κ1) is 20.2. The van der Waals surface area contributed by atoms with Gasteiger partial charge in [-0.25, -0.2) is 13.2 Å². The molecule has 0 N–H and O–H groups in total. The Bertz CT molecular complexity index is 919. The van der Waals surface area contributed by atoms with Crippen molar-refractivity contribution in [3.8, 4) is 0 Å². The second-order valence-electron chi connectivity index (χ2n) is 5.98. The number of aliphatic imine (C=N–C) groups is 1. The average molecular weight is 420 g/mol. The Balaban J connectivity index is 2.18. The zero-order chi connectivity index (χ0) is 20.6. The third-order valence-electron chi connectivity index (χ3n) is 4.18. The van der Waals surface area contributed by atoms with Gasteiger partial charge in [-0.2, -0.15) is 13.2 Å². The van der Waals surface area contributed by atoms with Crippen LogP contribution in [-0.2, 0) is 0 Å². The summed E-state index contributed by atoms with van der Waals surface area (Å²) < 4.78 is 81.8. The predicted molar refractivity (Wildman–Crippen MR) is 91.9 cm³/mol. The number of nitrogens with zero attached hydrogens (tertiary/aromatic N) is 3. The molecule has 0 amide bonds. The second kappa shape index (κ2) is 7.46. The van der Waals surface area contributed by atoms with Crippen molar-refractivity contribution in [3.63, 3.8) is 0 Å². The van der Waals surface area contributed by atoms with E-state index in [9.17, 15) is 26.3 Å². The van der Waals surface area contributed by atoms with Crippen molar-refractivity contribution in [1.82, 2.24) is 9.88 Å². The maximum absolute atomic E-state index is 14.2. The zero-order valence-electron chi connectivity index (χ0n) is 14.2. The van der Waals surface area contributed by atoms with Gasteiger partial charge in [-0.1, -0.05) is 17.7 Å². The molecule has 0 radical (unpaired) electrons. The molecular weight excluding hydrogens is 408 g/mol. The van der Waals surface area contributed by atoms with E-state index in [1.54, 1.807) is 12.1 Å². The van der Waals surface area contributed by atoms with Crippen LogP contribution in [0.3, 0.4) is 0 Å². The van der Waals surface area contributed by atoms with Gasteiger partial charge in [-0.05, 0) is 19.1 Å². The average Bonchev–Trinajstić information content (AvgIpc) is 2.61. The van der Waals surface area contributed by atoms with Crippen LogP contribution in [0.4, 0.5) is 26.3 Å². The molecular formula is C18H12ClF6N3. The molecule has 1 unspecified atom stereocenters. The highest BCUT2D eigenvalue weighted by Crippen LogP contribution is 2.41. The fourth-order valence-electron chi connectivity index (χ4n) is 2.77. The topological polar surface area (TPSA) is 28.5 Å². The van der Waals surface area contributed by atoms with E-state index in [1.807, 2.05) is 0 Å². The van der Waals surface area contributed by atoms with Crippen LogP contribution in [0.5, 0.6) is 0 Å². The third kappa shape index (κ3) is 3.71. The first-order valence-corrected chi connectivity index (χ1v) is 8.33. The molecule has 2 heterocycles. The minimum atomic E-state index is -4.72. The van der Waals surface area contributed by atoms with Crippen molar-refractivity contribution in [3.05, 3.63) is 70.4 Å². The number of halogens is 7. The summed E-state index contributed by atoms with van der Waals surface area (Å²) in [6.45, 7) is 0.841. The van der Waals surface area contributed by atoms with Crippen molar-refractivity contribution in [2.45, 2.75) is 25.3 Å².